The van der Waals surface area contributed by atoms with E-state index in [1.54, 1.807) is 12.1 Å². The molecule has 1 aromatic rings. The van der Waals surface area contributed by atoms with Gasteiger partial charge in [-0.05, 0) is 25.0 Å². The third-order valence-corrected chi connectivity index (χ3v) is 2.38. The molecule has 1 rings (SSSR count). The number of hydrogen-bond donors (Lipinski definition) is 0. The standard InChI is InChI=1S/C11H15FN2O2/c1-13(9-3-2-8-12)10-4-6-11(7-5-10)14(15)16/h4-7H,2-3,8-9H2,1H3. The van der Waals surface area contributed by atoms with E-state index in [1.807, 2.05) is 11.9 Å². The molecule has 0 saturated carbocycles. The number of nitro groups is 1. The van der Waals surface area contributed by atoms with Gasteiger partial charge in [0.15, 0.2) is 0 Å². The first kappa shape index (κ1) is 12.4. The van der Waals surface area contributed by atoms with Crippen LogP contribution in [0.5, 0.6) is 0 Å². The fourth-order valence-corrected chi connectivity index (χ4v) is 1.40. The highest BCUT2D eigenvalue weighted by atomic mass is 19.1. The Bertz CT molecular complexity index is 340. The lowest BCUT2D eigenvalue weighted by atomic mass is 10.2. The minimum Gasteiger partial charge on any atom is -0.375 e. The van der Waals surface area contributed by atoms with E-state index >= 15 is 0 Å². The second-order valence-electron chi connectivity index (χ2n) is 3.59. The van der Waals surface area contributed by atoms with Gasteiger partial charge in [0, 0.05) is 31.4 Å². The van der Waals surface area contributed by atoms with E-state index in [1.165, 1.54) is 12.1 Å². The van der Waals surface area contributed by atoms with Gasteiger partial charge in [0.1, 0.15) is 0 Å². The van der Waals surface area contributed by atoms with Gasteiger partial charge in [0.2, 0.25) is 0 Å². The van der Waals surface area contributed by atoms with Crippen molar-refractivity contribution >= 4 is 11.4 Å². The Morgan fingerprint density at radius 3 is 2.44 bits per heavy atom. The molecule has 0 unspecified atom stereocenters. The fraction of sp³-hybridized carbons (Fsp3) is 0.455. The van der Waals surface area contributed by atoms with Gasteiger partial charge in [-0.15, -0.1) is 0 Å². The SMILES string of the molecule is CN(CCCCF)c1ccc([N+](=O)[O-])cc1. The highest BCUT2D eigenvalue weighted by Crippen LogP contribution is 2.18. The molecule has 5 heteroatoms. The van der Waals surface area contributed by atoms with Crippen LogP contribution in [-0.4, -0.2) is 25.2 Å². The summed E-state index contributed by atoms with van der Waals surface area (Å²) in [7, 11) is 1.89. The number of non-ortho nitro benzene ring substituents is 1. The van der Waals surface area contributed by atoms with E-state index in [9.17, 15) is 14.5 Å². The second kappa shape index (κ2) is 6.05. The van der Waals surface area contributed by atoms with Crippen molar-refractivity contribution < 1.29 is 9.31 Å². The van der Waals surface area contributed by atoms with Gasteiger partial charge in [-0.1, -0.05) is 0 Å². The van der Waals surface area contributed by atoms with Gasteiger partial charge in [-0.2, -0.15) is 0 Å². The Kier molecular flexibility index (Phi) is 4.69. The summed E-state index contributed by atoms with van der Waals surface area (Å²) in [5, 5.41) is 10.4. The van der Waals surface area contributed by atoms with Crippen molar-refractivity contribution in [1.29, 1.82) is 0 Å². The Labute approximate surface area is 93.8 Å². The van der Waals surface area contributed by atoms with Gasteiger partial charge in [-0.3, -0.25) is 14.5 Å². The van der Waals surface area contributed by atoms with Crippen LogP contribution in [0.1, 0.15) is 12.8 Å². The summed E-state index contributed by atoms with van der Waals surface area (Å²) in [6, 6.07) is 6.35. The molecule has 0 bridgehead atoms. The van der Waals surface area contributed by atoms with E-state index in [-0.39, 0.29) is 12.4 Å². The number of anilines is 1. The Morgan fingerprint density at radius 1 is 1.31 bits per heavy atom. The van der Waals surface area contributed by atoms with Crippen LogP contribution in [0.15, 0.2) is 24.3 Å². The maximum absolute atomic E-state index is 11.9. The number of benzene rings is 1. The van der Waals surface area contributed by atoms with Crippen molar-refractivity contribution in [1.82, 2.24) is 0 Å². The third kappa shape index (κ3) is 3.49. The third-order valence-electron chi connectivity index (χ3n) is 2.38. The molecule has 0 aliphatic carbocycles. The molecule has 0 amide bonds. The van der Waals surface area contributed by atoms with Crippen molar-refractivity contribution in [3.05, 3.63) is 34.4 Å². The summed E-state index contributed by atoms with van der Waals surface area (Å²) < 4.78 is 11.9. The van der Waals surface area contributed by atoms with E-state index in [4.69, 9.17) is 0 Å². The molecular formula is C11H15FN2O2. The smallest absolute Gasteiger partial charge is 0.269 e. The normalized spacial score (nSPS) is 10.1. The van der Waals surface area contributed by atoms with Crippen LogP contribution in [0.25, 0.3) is 0 Å². The highest BCUT2D eigenvalue weighted by Gasteiger charge is 2.06. The number of hydrogen-bond acceptors (Lipinski definition) is 3. The van der Waals surface area contributed by atoms with Crippen LogP contribution >= 0.6 is 0 Å². The molecule has 0 atom stereocenters. The number of unbranched alkanes of at least 4 members (excludes halogenated alkanes) is 1. The minimum absolute atomic E-state index is 0.0842. The van der Waals surface area contributed by atoms with Crippen molar-refractivity contribution in [2.75, 3.05) is 25.2 Å². The first-order chi connectivity index (χ1) is 7.65. The van der Waals surface area contributed by atoms with E-state index in [0.29, 0.717) is 6.42 Å². The molecular weight excluding hydrogens is 211 g/mol. The molecule has 0 aromatic heterocycles. The zero-order chi connectivity index (χ0) is 12.0. The molecule has 0 N–H and O–H groups in total. The number of rotatable bonds is 6. The van der Waals surface area contributed by atoms with Crippen LogP contribution in [0, 0.1) is 10.1 Å². The van der Waals surface area contributed by atoms with Gasteiger partial charge in [0.25, 0.3) is 5.69 Å². The summed E-state index contributed by atoms with van der Waals surface area (Å²) in [4.78, 5) is 12.0. The molecule has 0 heterocycles. The van der Waals surface area contributed by atoms with E-state index in [0.717, 1.165) is 18.7 Å². The first-order valence-corrected chi connectivity index (χ1v) is 5.16. The zero-order valence-electron chi connectivity index (χ0n) is 9.23. The molecule has 4 nitrogen and oxygen atoms in total. The largest absolute Gasteiger partial charge is 0.375 e. The van der Waals surface area contributed by atoms with Crippen LogP contribution in [0.3, 0.4) is 0 Å². The number of halogens is 1. The molecule has 0 aliphatic heterocycles. The maximum Gasteiger partial charge on any atom is 0.269 e. The Morgan fingerprint density at radius 2 is 1.94 bits per heavy atom. The lowest BCUT2D eigenvalue weighted by molar-refractivity contribution is -0.384. The molecule has 0 aliphatic rings. The topological polar surface area (TPSA) is 46.4 Å². The summed E-state index contributed by atoms with van der Waals surface area (Å²) in [6.45, 7) is 0.454. The second-order valence-corrected chi connectivity index (χ2v) is 3.59. The van der Waals surface area contributed by atoms with Crippen LogP contribution in [-0.2, 0) is 0 Å². The van der Waals surface area contributed by atoms with Crippen LogP contribution < -0.4 is 4.90 Å². The lowest BCUT2D eigenvalue weighted by Crippen LogP contribution is -2.18. The number of nitro benzene ring substituents is 1. The molecule has 1 aromatic carbocycles. The summed E-state index contributed by atoms with van der Waals surface area (Å²) >= 11 is 0. The summed E-state index contributed by atoms with van der Waals surface area (Å²) in [6.07, 6.45) is 1.33. The Hall–Kier alpha value is -1.65. The molecule has 0 radical (unpaired) electrons. The molecule has 16 heavy (non-hydrogen) atoms. The molecule has 88 valence electrons. The van der Waals surface area contributed by atoms with Gasteiger partial charge < -0.3 is 4.90 Å². The average molecular weight is 226 g/mol. The summed E-state index contributed by atoms with van der Waals surface area (Å²) in [5.74, 6) is 0. The van der Waals surface area contributed by atoms with Crippen molar-refractivity contribution in [2.24, 2.45) is 0 Å². The number of nitrogens with zero attached hydrogens (tertiary/aromatic N) is 2. The van der Waals surface area contributed by atoms with Gasteiger partial charge in [-0.25, -0.2) is 0 Å². The quantitative estimate of drug-likeness (QED) is 0.425. The molecule has 0 saturated heterocycles. The highest BCUT2D eigenvalue weighted by molar-refractivity contribution is 5.50. The summed E-state index contributed by atoms with van der Waals surface area (Å²) in [5.41, 5.74) is 0.991. The minimum atomic E-state index is -0.424. The van der Waals surface area contributed by atoms with Crippen molar-refractivity contribution in [3.63, 3.8) is 0 Å². The number of alkyl halides is 1. The fourth-order valence-electron chi connectivity index (χ4n) is 1.40. The first-order valence-electron chi connectivity index (χ1n) is 5.16. The zero-order valence-corrected chi connectivity index (χ0v) is 9.23. The van der Waals surface area contributed by atoms with E-state index < -0.39 is 4.92 Å². The predicted molar refractivity (Wildman–Crippen MR) is 61.6 cm³/mol. The molecule has 0 spiro atoms. The van der Waals surface area contributed by atoms with Crippen LogP contribution in [0.4, 0.5) is 15.8 Å². The van der Waals surface area contributed by atoms with E-state index in [2.05, 4.69) is 0 Å². The lowest BCUT2D eigenvalue weighted by Gasteiger charge is -2.18. The van der Waals surface area contributed by atoms with Gasteiger partial charge in [0.05, 0.1) is 11.6 Å². The van der Waals surface area contributed by atoms with Crippen molar-refractivity contribution in [2.45, 2.75) is 12.8 Å². The van der Waals surface area contributed by atoms with Gasteiger partial charge >= 0.3 is 0 Å². The van der Waals surface area contributed by atoms with Crippen LogP contribution in [0.2, 0.25) is 0 Å². The molecule has 0 fully saturated rings. The average Bonchev–Trinajstić information content (AvgIpc) is 2.29. The predicted octanol–water partition coefficient (Wildman–Crippen LogP) is 2.78. The monoisotopic (exact) mass is 226 g/mol. The van der Waals surface area contributed by atoms with Crippen molar-refractivity contribution in [3.8, 4) is 0 Å². The maximum atomic E-state index is 11.9. The Balaban J connectivity index is 2.56.